The van der Waals surface area contributed by atoms with Crippen molar-refractivity contribution in [3.63, 3.8) is 0 Å². The largest absolute Gasteiger partial charge is 0.308 e. The first-order valence-electron chi connectivity index (χ1n) is 5.86. The topological polar surface area (TPSA) is 24.9 Å². The lowest BCUT2D eigenvalue weighted by Crippen LogP contribution is -2.30. The van der Waals surface area contributed by atoms with E-state index < -0.39 is 0 Å². The molecule has 0 amide bonds. The summed E-state index contributed by atoms with van der Waals surface area (Å²) in [7, 11) is 0. The first kappa shape index (κ1) is 13.5. The van der Waals surface area contributed by atoms with Crippen LogP contribution >= 0.6 is 11.6 Å². The summed E-state index contributed by atoms with van der Waals surface area (Å²) in [6.45, 7) is 8.86. The molecule has 0 saturated carbocycles. The van der Waals surface area contributed by atoms with Gasteiger partial charge >= 0.3 is 0 Å². The van der Waals surface area contributed by atoms with Crippen LogP contribution in [-0.4, -0.2) is 11.0 Å². The SMILES string of the molecule is CC(C)CC(C)NC(C)c1ccc(Cl)nc1. The molecule has 0 aromatic carbocycles. The number of halogens is 1. The van der Waals surface area contributed by atoms with E-state index >= 15 is 0 Å². The minimum Gasteiger partial charge on any atom is -0.308 e. The maximum Gasteiger partial charge on any atom is 0.129 e. The summed E-state index contributed by atoms with van der Waals surface area (Å²) in [5, 5.41) is 4.11. The van der Waals surface area contributed by atoms with Gasteiger partial charge in [0.05, 0.1) is 0 Å². The highest BCUT2D eigenvalue weighted by Crippen LogP contribution is 2.15. The minimum absolute atomic E-state index is 0.318. The zero-order chi connectivity index (χ0) is 12.1. The molecule has 0 saturated heterocycles. The van der Waals surface area contributed by atoms with E-state index in [4.69, 9.17) is 11.6 Å². The van der Waals surface area contributed by atoms with Gasteiger partial charge in [0.2, 0.25) is 0 Å². The van der Waals surface area contributed by atoms with Gasteiger partial charge in [-0.05, 0) is 37.8 Å². The van der Waals surface area contributed by atoms with Gasteiger partial charge in [-0.25, -0.2) is 4.98 Å². The van der Waals surface area contributed by atoms with E-state index in [9.17, 15) is 0 Å². The van der Waals surface area contributed by atoms with Crippen molar-refractivity contribution < 1.29 is 0 Å². The molecule has 0 aliphatic rings. The Kier molecular flexibility index (Phi) is 5.23. The Hall–Kier alpha value is -0.600. The summed E-state index contributed by atoms with van der Waals surface area (Å²) in [4.78, 5) is 4.09. The molecule has 16 heavy (non-hydrogen) atoms. The van der Waals surface area contributed by atoms with Crippen LogP contribution in [0.15, 0.2) is 18.3 Å². The van der Waals surface area contributed by atoms with E-state index in [1.54, 1.807) is 0 Å². The maximum atomic E-state index is 5.76. The van der Waals surface area contributed by atoms with E-state index in [1.807, 2.05) is 18.3 Å². The predicted octanol–water partition coefficient (Wildman–Crippen LogP) is 3.82. The monoisotopic (exact) mass is 240 g/mol. The third-order valence-corrected chi connectivity index (χ3v) is 2.83. The van der Waals surface area contributed by atoms with Crippen LogP contribution in [0.25, 0.3) is 0 Å². The zero-order valence-corrected chi connectivity index (χ0v) is 11.3. The van der Waals surface area contributed by atoms with Crippen LogP contribution in [0.5, 0.6) is 0 Å². The molecule has 0 radical (unpaired) electrons. The lowest BCUT2D eigenvalue weighted by Gasteiger charge is -2.21. The molecule has 0 bridgehead atoms. The Morgan fingerprint density at radius 1 is 1.25 bits per heavy atom. The van der Waals surface area contributed by atoms with Gasteiger partial charge in [0, 0.05) is 18.3 Å². The Morgan fingerprint density at radius 3 is 2.44 bits per heavy atom. The summed E-state index contributed by atoms with van der Waals surface area (Å²) in [6, 6.07) is 4.70. The minimum atomic E-state index is 0.318. The molecule has 1 aromatic heterocycles. The van der Waals surface area contributed by atoms with E-state index in [2.05, 4.69) is 38.0 Å². The second-order valence-corrected chi connectivity index (χ2v) is 5.22. The summed E-state index contributed by atoms with van der Waals surface area (Å²) in [5.74, 6) is 0.720. The molecular formula is C13H21ClN2. The fourth-order valence-corrected chi connectivity index (χ4v) is 2.05. The normalized spacial score (nSPS) is 15.1. The van der Waals surface area contributed by atoms with Gasteiger partial charge in [-0.1, -0.05) is 31.5 Å². The van der Waals surface area contributed by atoms with Gasteiger partial charge < -0.3 is 5.32 Å². The predicted molar refractivity (Wildman–Crippen MR) is 69.7 cm³/mol. The molecule has 1 aromatic rings. The molecular weight excluding hydrogens is 220 g/mol. The molecule has 0 aliphatic carbocycles. The first-order chi connectivity index (χ1) is 7.49. The van der Waals surface area contributed by atoms with Gasteiger partial charge in [0.1, 0.15) is 5.15 Å². The molecule has 1 N–H and O–H groups in total. The molecule has 0 aliphatic heterocycles. The highest BCUT2D eigenvalue weighted by atomic mass is 35.5. The van der Waals surface area contributed by atoms with Crippen LogP contribution in [0.2, 0.25) is 5.15 Å². The van der Waals surface area contributed by atoms with Crippen molar-refractivity contribution >= 4 is 11.6 Å². The van der Waals surface area contributed by atoms with Crippen molar-refractivity contribution in [2.45, 2.75) is 46.2 Å². The van der Waals surface area contributed by atoms with Crippen LogP contribution in [0, 0.1) is 5.92 Å². The maximum absolute atomic E-state index is 5.76. The van der Waals surface area contributed by atoms with E-state index in [-0.39, 0.29) is 0 Å². The van der Waals surface area contributed by atoms with Crippen LogP contribution in [0.1, 0.15) is 45.7 Å². The van der Waals surface area contributed by atoms with E-state index in [0.29, 0.717) is 17.2 Å². The van der Waals surface area contributed by atoms with E-state index in [1.165, 1.54) is 12.0 Å². The van der Waals surface area contributed by atoms with Crippen LogP contribution in [0.4, 0.5) is 0 Å². The quantitative estimate of drug-likeness (QED) is 0.792. The smallest absolute Gasteiger partial charge is 0.129 e. The number of nitrogens with one attached hydrogen (secondary N) is 1. The van der Waals surface area contributed by atoms with Crippen molar-refractivity contribution in [3.8, 4) is 0 Å². The fraction of sp³-hybridized carbons (Fsp3) is 0.615. The van der Waals surface area contributed by atoms with Gasteiger partial charge in [-0.15, -0.1) is 0 Å². The first-order valence-corrected chi connectivity index (χ1v) is 6.24. The summed E-state index contributed by atoms with van der Waals surface area (Å²) < 4.78 is 0. The lowest BCUT2D eigenvalue weighted by atomic mass is 10.0. The lowest BCUT2D eigenvalue weighted by molar-refractivity contribution is 0.406. The van der Waals surface area contributed by atoms with Crippen molar-refractivity contribution in [2.24, 2.45) is 5.92 Å². The molecule has 2 nitrogen and oxygen atoms in total. The Labute approximate surface area is 103 Å². The third kappa shape index (κ3) is 4.50. The standard InChI is InChI=1S/C13H21ClN2/c1-9(2)7-10(3)16-11(4)12-5-6-13(14)15-8-12/h5-6,8-11,16H,7H2,1-4H3. The van der Waals surface area contributed by atoms with Gasteiger partial charge in [0.15, 0.2) is 0 Å². The number of rotatable bonds is 5. The van der Waals surface area contributed by atoms with Crippen molar-refractivity contribution in [1.29, 1.82) is 0 Å². The molecule has 0 spiro atoms. The molecule has 90 valence electrons. The summed E-state index contributed by atoms with van der Waals surface area (Å²) in [5.41, 5.74) is 1.18. The number of hydrogen-bond acceptors (Lipinski definition) is 2. The zero-order valence-electron chi connectivity index (χ0n) is 10.5. The second-order valence-electron chi connectivity index (χ2n) is 4.83. The molecule has 0 fully saturated rings. The van der Waals surface area contributed by atoms with Crippen molar-refractivity contribution in [3.05, 3.63) is 29.0 Å². The van der Waals surface area contributed by atoms with Gasteiger partial charge in [0.25, 0.3) is 0 Å². The molecule has 1 heterocycles. The van der Waals surface area contributed by atoms with Crippen molar-refractivity contribution in [1.82, 2.24) is 10.3 Å². The molecule has 2 atom stereocenters. The highest BCUT2D eigenvalue weighted by molar-refractivity contribution is 6.29. The second kappa shape index (κ2) is 6.21. The number of aromatic nitrogens is 1. The molecule has 3 heteroatoms. The fourth-order valence-electron chi connectivity index (χ4n) is 1.94. The van der Waals surface area contributed by atoms with Crippen molar-refractivity contribution in [2.75, 3.05) is 0 Å². The molecule has 2 unspecified atom stereocenters. The average molecular weight is 241 g/mol. The Morgan fingerprint density at radius 2 is 1.94 bits per heavy atom. The highest BCUT2D eigenvalue weighted by Gasteiger charge is 2.10. The van der Waals surface area contributed by atoms with Crippen LogP contribution in [0.3, 0.4) is 0 Å². The third-order valence-electron chi connectivity index (χ3n) is 2.61. The van der Waals surface area contributed by atoms with Crippen LogP contribution < -0.4 is 5.32 Å². The number of hydrogen-bond donors (Lipinski definition) is 1. The van der Waals surface area contributed by atoms with E-state index in [0.717, 1.165) is 5.92 Å². The number of nitrogens with zero attached hydrogens (tertiary/aromatic N) is 1. The van der Waals surface area contributed by atoms with Crippen LogP contribution in [-0.2, 0) is 0 Å². The van der Waals surface area contributed by atoms with Gasteiger partial charge in [-0.3, -0.25) is 0 Å². The Balaban J connectivity index is 2.51. The summed E-state index contributed by atoms with van der Waals surface area (Å²) >= 11 is 5.76. The Bertz CT molecular complexity index is 308. The summed E-state index contributed by atoms with van der Waals surface area (Å²) in [6.07, 6.45) is 3.02. The number of pyridine rings is 1. The van der Waals surface area contributed by atoms with Gasteiger partial charge in [-0.2, -0.15) is 0 Å². The average Bonchev–Trinajstić information content (AvgIpc) is 2.16. The molecule has 1 rings (SSSR count).